The number of halogens is 1. The number of likely N-dealkylation sites (N-methyl/N-ethyl adjacent to an activating group) is 1. The van der Waals surface area contributed by atoms with Gasteiger partial charge >= 0.3 is 0 Å². The minimum Gasteiger partial charge on any atom is -0.312 e. The smallest absolute Gasteiger partial charge is 0.226 e. The average molecular weight is 317 g/mol. The number of hydrogen-bond acceptors (Lipinski definition) is 1. The van der Waals surface area contributed by atoms with E-state index in [1.54, 1.807) is 0 Å². The molecule has 0 aliphatic carbocycles. The minimum absolute atomic E-state index is 0.0589. The van der Waals surface area contributed by atoms with Crippen molar-refractivity contribution in [3.8, 4) is 0 Å². The molecular formula is C16H15BrNO+. The van der Waals surface area contributed by atoms with Crippen molar-refractivity contribution in [2.75, 3.05) is 7.05 Å². The summed E-state index contributed by atoms with van der Waals surface area (Å²) in [5.41, 5.74) is 2.04. The molecule has 1 unspecified atom stereocenters. The Bertz CT molecular complexity index is 594. The van der Waals surface area contributed by atoms with Crippen LogP contribution in [0.1, 0.15) is 22.0 Å². The summed E-state index contributed by atoms with van der Waals surface area (Å²) < 4.78 is 1.07. The molecule has 0 saturated carbocycles. The third-order valence-corrected chi connectivity index (χ3v) is 4.30. The standard InChI is InChI=1S/C16H14BrNO/c1-18-14(11-7-9-13(17)10-8-11)15(18)16(19)12-5-3-2-4-6-12/h2-10,14-15H,1H3/p+1/t14-,15+,18?/m0/s1. The van der Waals surface area contributed by atoms with Gasteiger partial charge in [-0.2, -0.15) is 0 Å². The molecule has 1 N–H and O–H groups in total. The number of carbonyl (C=O) groups is 1. The van der Waals surface area contributed by atoms with E-state index in [9.17, 15) is 4.79 Å². The molecule has 1 saturated heterocycles. The molecule has 2 nitrogen and oxygen atoms in total. The molecular weight excluding hydrogens is 302 g/mol. The van der Waals surface area contributed by atoms with Crippen LogP contribution in [0.2, 0.25) is 0 Å². The van der Waals surface area contributed by atoms with Gasteiger partial charge < -0.3 is 4.90 Å². The molecule has 1 fully saturated rings. The Kier molecular flexibility index (Phi) is 3.25. The van der Waals surface area contributed by atoms with Gasteiger partial charge in [0.25, 0.3) is 0 Å². The molecule has 96 valence electrons. The fourth-order valence-electron chi connectivity index (χ4n) is 2.65. The average Bonchev–Trinajstić information content (AvgIpc) is 3.11. The van der Waals surface area contributed by atoms with Gasteiger partial charge in [-0.15, -0.1) is 0 Å². The zero-order valence-electron chi connectivity index (χ0n) is 10.6. The van der Waals surface area contributed by atoms with E-state index in [2.05, 4.69) is 35.1 Å². The van der Waals surface area contributed by atoms with Gasteiger partial charge in [-0.3, -0.25) is 4.79 Å². The second-order valence-corrected chi connectivity index (χ2v) is 5.90. The molecule has 2 aromatic carbocycles. The van der Waals surface area contributed by atoms with E-state index >= 15 is 0 Å². The third kappa shape index (κ3) is 2.36. The summed E-state index contributed by atoms with van der Waals surface area (Å²) in [7, 11) is 2.08. The summed E-state index contributed by atoms with van der Waals surface area (Å²) in [6, 6.07) is 18.2. The molecule has 1 heterocycles. The van der Waals surface area contributed by atoms with Crippen LogP contribution in [0, 0.1) is 0 Å². The number of ketones is 1. The Morgan fingerprint density at radius 1 is 1.05 bits per heavy atom. The Morgan fingerprint density at radius 2 is 1.68 bits per heavy atom. The van der Waals surface area contributed by atoms with E-state index in [0.717, 1.165) is 10.0 Å². The van der Waals surface area contributed by atoms with E-state index < -0.39 is 0 Å². The highest BCUT2D eigenvalue weighted by molar-refractivity contribution is 9.10. The normalized spacial score (nSPS) is 25.1. The highest BCUT2D eigenvalue weighted by atomic mass is 79.9. The van der Waals surface area contributed by atoms with Crippen LogP contribution in [0.3, 0.4) is 0 Å². The van der Waals surface area contributed by atoms with Crippen molar-refractivity contribution in [3.63, 3.8) is 0 Å². The number of carbonyl (C=O) groups excluding carboxylic acids is 1. The van der Waals surface area contributed by atoms with E-state index in [1.807, 2.05) is 42.5 Å². The summed E-state index contributed by atoms with van der Waals surface area (Å²) in [6.45, 7) is 0. The van der Waals surface area contributed by atoms with Gasteiger partial charge in [0.2, 0.25) is 11.8 Å². The van der Waals surface area contributed by atoms with Crippen LogP contribution < -0.4 is 4.90 Å². The quantitative estimate of drug-likeness (QED) is 0.681. The van der Waals surface area contributed by atoms with Crippen molar-refractivity contribution in [3.05, 3.63) is 70.2 Å². The molecule has 19 heavy (non-hydrogen) atoms. The van der Waals surface area contributed by atoms with Crippen molar-refractivity contribution in [2.24, 2.45) is 0 Å². The number of rotatable bonds is 3. The number of quaternary nitrogens is 1. The van der Waals surface area contributed by atoms with Gasteiger partial charge in [-0.05, 0) is 12.1 Å². The molecule has 3 rings (SSSR count). The van der Waals surface area contributed by atoms with Crippen LogP contribution in [0.25, 0.3) is 0 Å². The van der Waals surface area contributed by atoms with Gasteiger partial charge in [-0.1, -0.05) is 58.4 Å². The van der Waals surface area contributed by atoms with Crippen molar-refractivity contribution >= 4 is 21.7 Å². The molecule has 0 spiro atoms. The SMILES string of the molecule is C[NH+]1[C@@H](C(=O)c2ccccc2)[C@@H]1c1ccc(Br)cc1. The van der Waals surface area contributed by atoms with Gasteiger partial charge in [0.05, 0.1) is 7.05 Å². The summed E-state index contributed by atoms with van der Waals surface area (Å²) in [5.74, 6) is 0.242. The predicted octanol–water partition coefficient (Wildman–Crippen LogP) is 2.27. The van der Waals surface area contributed by atoms with E-state index in [4.69, 9.17) is 0 Å². The molecule has 0 radical (unpaired) electrons. The summed E-state index contributed by atoms with van der Waals surface area (Å²) in [5, 5.41) is 0. The zero-order chi connectivity index (χ0) is 13.4. The first-order valence-electron chi connectivity index (χ1n) is 6.36. The van der Waals surface area contributed by atoms with Crippen LogP contribution in [0.4, 0.5) is 0 Å². The Morgan fingerprint density at radius 3 is 2.32 bits per heavy atom. The predicted molar refractivity (Wildman–Crippen MR) is 78.3 cm³/mol. The van der Waals surface area contributed by atoms with Crippen molar-refractivity contribution in [1.82, 2.24) is 0 Å². The Hall–Kier alpha value is -1.45. The first-order valence-corrected chi connectivity index (χ1v) is 7.16. The molecule has 0 amide bonds. The number of Topliss-reactive ketones (excluding diaryl/α,β-unsaturated/α-hetero) is 1. The lowest BCUT2D eigenvalue weighted by Gasteiger charge is -1.95. The molecule has 0 aromatic heterocycles. The lowest BCUT2D eigenvalue weighted by atomic mass is 10.0. The molecule has 3 heteroatoms. The second kappa shape index (κ2) is 4.91. The Labute approximate surface area is 121 Å². The van der Waals surface area contributed by atoms with Crippen molar-refractivity contribution in [2.45, 2.75) is 12.1 Å². The van der Waals surface area contributed by atoms with E-state index in [-0.39, 0.29) is 11.8 Å². The maximum absolute atomic E-state index is 12.4. The maximum atomic E-state index is 12.4. The molecule has 1 aliphatic heterocycles. The van der Waals surface area contributed by atoms with E-state index in [0.29, 0.717) is 6.04 Å². The maximum Gasteiger partial charge on any atom is 0.226 e. The van der Waals surface area contributed by atoms with E-state index in [1.165, 1.54) is 10.5 Å². The highest BCUT2D eigenvalue weighted by Crippen LogP contribution is 2.26. The first-order chi connectivity index (χ1) is 9.18. The lowest BCUT2D eigenvalue weighted by Crippen LogP contribution is -2.91. The molecule has 2 aromatic rings. The topological polar surface area (TPSA) is 21.5 Å². The van der Waals surface area contributed by atoms with Crippen LogP contribution in [0.15, 0.2) is 59.1 Å². The Balaban J connectivity index is 1.81. The van der Waals surface area contributed by atoms with Gasteiger partial charge in [0.15, 0.2) is 6.04 Å². The monoisotopic (exact) mass is 316 g/mol. The number of hydrogen-bond donors (Lipinski definition) is 1. The highest BCUT2D eigenvalue weighted by Gasteiger charge is 2.57. The summed E-state index contributed by atoms with van der Waals surface area (Å²) in [6.07, 6.45) is 0. The van der Waals surface area contributed by atoms with Crippen molar-refractivity contribution in [1.29, 1.82) is 0 Å². The number of nitrogens with one attached hydrogen (secondary N) is 1. The van der Waals surface area contributed by atoms with Gasteiger partial charge in [0, 0.05) is 15.6 Å². The second-order valence-electron chi connectivity index (χ2n) is 4.98. The molecule has 0 bridgehead atoms. The zero-order valence-corrected chi connectivity index (χ0v) is 12.2. The first kappa shape index (κ1) is 12.6. The summed E-state index contributed by atoms with van der Waals surface area (Å²) >= 11 is 3.44. The van der Waals surface area contributed by atoms with Crippen molar-refractivity contribution < 1.29 is 9.69 Å². The lowest BCUT2D eigenvalue weighted by molar-refractivity contribution is -0.762. The largest absolute Gasteiger partial charge is 0.312 e. The van der Waals surface area contributed by atoms with Crippen LogP contribution in [-0.4, -0.2) is 18.9 Å². The van der Waals surface area contributed by atoms with Crippen LogP contribution in [-0.2, 0) is 0 Å². The minimum atomic E-state index is 0.0589. The number of benzene rings is 2. The van der Waals surface area contributed by atoms with Gasteiger partial charge in [-0.25, -0.2) is 0 Å². The van der Waals surface area contributed by atoms with Crippen LogP contribution in [0.5, 0.6) is 0 Å². The fourth-order valence-corrected chi connectivity index (χ4v) is 2.92. The third-order valence-electron chi connectivity index (χ3n) is 3.78. The summed E-state index contributed by atoms with van der Waals surface area (Å²) in [4.78, 5) is 13.7. The molecule has 3 atom stereocenters. The van der Waals surface area contributed by atoms with Crippen LogP contribution >= 0.6 is 15.9 Å². The fraction of sp³-hybridized carbons (Fsp3) is 0.188. The molecule has 1 aliphatic rings. The van der Waals surface area contributed by atoms with Gasteiger partial charge in [0.1, 0.15) is 0 Å².